The second-order valence-corrected chi connectivity index (χ2v) is 8.55. The average Bonchev–Trinajstić information content (AvgIpc) is 2.77. The van der Waals surface area contributed by atoms with Gasteiger partial charge in [0.15, 0.2) is 11.7 Å². The van der Waals surface area contributed by atoms with Crippen molar-refractivity contribution in [3.05, 3.63) is 78.0 Å². The third kappa shape index (κ3) is 2.49. The fraction of sp³-hybridized carbons (Fsp3) is 0.370. The molecule has 0 N–H and O–H groups in total. The third-order valence-electron chi connectivity index (χ3n) is 7.55. The fourth-order valence-electron chi connectivity index (χ4n) is 5.26. The highest BCUT2D eigenvalue weighted by molar-refractivity contribution is 5.71. The van der Waals surface area contributed by atoms with Gasteiger partial charge >= 0.3 is 0 Å². The maximum Gasteiger partial charge on any atom is 0.213 e. The number of aromatic nitrogens is 1. The number of nitrogens with zero attached hydrogens (tertiary/aromatic N) is 1. The Morgan fingerprint density at radius 1 is 0.786 bits per heavy atom. The van der Waals surface area contributed by atoms with Crippen LogP contribution >= 0.6 is 0 Å². The number of aryl methyl sites for hydroxylation is 1. The first-order valence-corrected chi connectivity index (χ1v) is 10.7. The van der Waals surface area contributed by atoms with E-state index in [1.54, 1.807) is 0 Å². The predicted molar refractivity (Wildman–Crippen MR) is 118 cm³/mol. The summed E-state index contributed by atoms with van der Waals surface area (Å²) < 4.78 is 2.60. The minimum Gasteiger partial charge on any atom is -0.192 e. The van der Waals surface area contributed by atoms with Crippen LogP contribution in [0.15, 0.2) is 66.9 Å². The first-order valence-electron chi connectivity index (χ1n) is 10.7. The summed E-state index contributed by atoms with van der Waals surface area (Å²) >= 11 is 0. The summed E-state index contributed by atoms with van der Waals surface area (Å²) in [5.41, 5.74) is 8.48. The number of pyridine rings is 1. The Hall–Kier alpha value is -2.41. The van der Waals surface area contributed by atoms with Gasteiger partial charge in [0.2, 0.25) is 5.69 Å². The summed E-state index contributed by atoms with van der Waals surface area (Å²) in [6, 6.07) is 22.4. The Morgan fingerprint density at radius 2 is 1.46 bits per heavy atom. The van der Waals surface area contributed by atoms with Crippen molar-refractivity contribution in [2.75, 3.05) is 0 Å². The first-order chi connectivity index (χ1) is 13.5. The van der Waals surface area contributed by atoms with Gasteiger partial charge in [-0.15, -0.1) is 0 Å². The standard InChI is InChI=1S/C27H32N/c1-6-20-18-25-22-16-12-13-17-24(22)26(4,7-2)27(5,8-3)28(25)19-23(20)21-14-10-9-11-15-21/h9-19H,6-8H2,1-5H3/q+1. The smallest absolute Gasteiger partial charge is 0.192 e. The number of rotatable bonds is 4. The molecule has 2 unspecified atom stereocenters. The van der Waals surface area contributed by atoms with Gasteiger partial charge in [-0.25, -0.2) is 0 Å². The maximum atomic E-state index is 2.60. The predicted octanol–water partition coefficient (Wildman–Crippen LogP) is 6.68. The molecule has 28 heavy (non-hydrogen) atoms. The quantitative estimate of drug-likeness (QED) is 0.451. The van der Waals surface area contributed by atoms with Crippen molar-refractivity contribution in [2.45, 2.75) is 64.8 Å². The van der Waals surface area contributed by atoms with E-state index in [0.29, 0.717) is 0 Å². The molecule has 1 aliphatic heterocycles. The second kappa shape index (κ2) is 6.88. The van der Waals surface area contributed by atoms with Crippen molar-refractivity contribution < 1.29 is 4.57 Å². The molecule has 3 aromatic rings. The summed E-state index contributed by atoms with van der Waals surface area (Å²) in [5.74, 6) is 0. The molecule has 0 fully saturated rings. The van der Waals surface area contributed by atoms with E-state index in [0.717, 1.165) is 19.3 Å². The van der Waals surface area contributed by atoms with Crippen LogP contribution < -0.4 is 4.57 Å². The van der Waals surface area contributed by atoms with Gasteiger partial charge in [-0.3, -0.25) is 0 Å². The fourth-order valence-corrected chi connectivity index (χ4v) is 5.26. The van der Waals surface area contributed by atoms with Gasteiger partial charge in [0.25, 0.3) is 0 Å². The Kier molecular flexibility index (Phi) is 4.65. The highest BCUT2D eigenvalue weighted by Gasteiger charge is 2.56. The molecule has 144 valence electrons. The molecular formula is C27H32N+. The van der Waals surface area contributed by atoms with E-state index >= 15 is 0 Å². The Balaban J connectivity index is 2.09. The van der Waals surface area contributed by atoms with Gasteiger partial charge < -0.3 is 0 Å². The zero-order valence-corrected chi connectivity index (χ0v) is 17.9. The summed E-state index contributed by atoms with van der Waals surface area (Å²) in [6.07, 6.45) is 5.70. The lowest BCUT2D eigenvalue weighted by Crippen LogP contribution is -2.67. The lowest BCUT2D eigenvalue weighted by Gasteiger charge is -2.46. The third-order valence-corrected chi connectivity index (χ3v) is 7.55. The van der Waals surface area contributed by atoms with Crippen molar-refractivity contribution in [3.63, 3.8) is 0 Å². The lowest BCUT2D eigenvalue weighted by molar-refractivity contribution is -0.764. The number of hydrogen-bond acceptors (Lipinski definition) is 0. The Labute approximate surface area is 170 Å². The van der Waals surface area contributed by atoms with Crippen molar-refractivity contribution in [1.82, 2.24) is 0 Å². The maximum absolute atomic E-state index is 2.60. The molecule has 1 aromatic heterocycles. The van der Waals surface area contributed by atoms with Crippen LogP contribution in [0.1, 0.15) is 58.6 Å². The van der Waals surface area contributed by atoms with Gasteiger partial charge in [0.1, 0.15) is 0 Å². The molecule has 0 saturated heterocycles. The normalized spacial score (nSPS) is 23.2. The molecule has 0 amide bonds. The summed E-state index contributed by atoms with van der Waals surface area (Å²) in [7, 11) is 0. The van der Waals surface area contributed by atoms with E-state index in [1.807, 2.05) is 0 Å². The van der Waals surface area contributed by atoms with Crippen LogP contribution in [0.4, 0.5) is 0 Å². The van der Waals surface area contributed by atoms with E-state index in [2.05, 4.69) is 106 Å². The van der Waals surface area contributed by atoms with E-state index < -0.39 is 0 Å². The van der Waals surface area contributed by atoms with Crippen molar-refractivity contribution in [2.24, 2.45) is 0 Å². The van der Waals surface area contributed by atoms with Crippen LogP contribution in [-0.2, 0) is 17.4 Å². The average molecular weight is 371 g/mol. The first kappa shape index (κ1) is 18.9. The van der Waals surface area contributed by atoms with Crippen molar-refractivity contribution in [1.29, 1.82) is 0 Å². The van der Waals surface area contributed by atoms with Gasteiger partial charge in [0.05, 0.1) is 11.0 Å². The minimum atomic E-state index is 0.0290. The van der Waals surface area contributed by atoms with Crippen LogP contribution in [0.5, 0.6) is 0 Å². The van der Waals surface area contributed by atoms with Crippen LogP contribution in [0, 0.1) is 0 Å². The van der Waals surface area contributed by atoms with Gasteiger partial charge in [-0.05, 0) is 42.5 Å². The van der Waals surface area contributed by atoms with Crippen LogP contribution in [0.2, 0.25) is 0 Å². The molecular weight excluding hydrogens is 338 g/mol. The molecule has 2 atom stereocenters. The molecule has 0 radical (unpaired) electrons. The molecule has 0 bridgehead atoms. The van der Waals surface area contributed by atoms with Gasteiger partial charge in [-0.1, -0.05) is 69.3 Å². The zero-order valence-electron chi connectivity index (χ0n) is 17.9. The molecule has 0 saturated carbocycles. The molecule has 0 aliphatic carbocycles. The minimum absolute atomic E-state index is 0.0290. The monoisotopic (exact) mass is 370 g/mol. The molecule has 4 rings (SSSR count). The topological polar surface area (TPSA) is 3.88 Å². The molecule has 2 heterocycles. The van der Waals surface area contributed by atoms with Crippen LogP contribution in [0.3, 0.4) is 0 Å². The molecule has 1 heteroatoms. The Bertz CT molecular complexity index is 1000. The van der Waals surface area contributed by atoms with Gasteiger partial charge in [0, 0.05) is 25.0 Å². The Morgan fingerprint density at radius 3 is 2.11 bits per heavy atom. The summed E-state index contributed by atoms with van der Waals surface area (Å²) in [5, 5.41) is 0. The van der Waals surface area contributed by atoms with E-state index in [1.165, 1.54) is 33.5 Å². The highest BCUT2D eigenvalue weighted by atomic mass is 15.1. The molecule has 1 nitrogen and oxygen atoms in total. The zero-order chi connectivity index (χ0) is 19.9. The molecule has 2 aromatic carbocycles. The molecule has 0 spiro atoms. The SMILES string of the molecule is CCc1cc2[n+](cc1-c1ccccc1)C(C)(CC)C(C)(CC)c1ccccc1-2. The lowest BCUT2D eigenvalue weighted by atomic mass is 9.60. The van der Waals surface area contributed by atoms with E-state index in [-0.39, 0.29) is 11.0 Å². The van der Waals surface area contributed by atoms with E-state index in [4.69, 9.17) is 0 Å². The highest BCUT2D eigenvalue weighted by Crippen LogP contribution is 2.49. The largest absolute Gasteiger partial charge is 0.213 e. The van der Waals surface area contributed by atoms with Crippen molar-refractivity contribution >= 4 is 0 Å². The summed E-state index contributed by atoms with van der Waals surface area (Å²) in [6.45, 7) is 11.9. The number of benzene rings is 2. The number of fused-ring (bicyclic) bond motifs is 3. The van der Waals surface area contributed by atoms with Crippen LogP contribution in [0.25, 0.3) is 22.4 Å². The van der Waals surface area contributed by atoms with Gasteiger partial charge in [-0.2, -0.15) is 4.57 Å². The van der Waals surface area contributed by atoms with E-state index in [9.17, 15) is 0 Å². The van der Waals surface area contributed by atoms with Crippen molar-refractivity contribution in [3.8, 4) is 22.4 Å². The molecule has 1 aliphatic rings. The number of hydrogen-bond donors (Lipinski definition) is 0. The second-order valence-electron chi connectivity index (χ2n) is 8.55. The summed E-state index contributed by atoms with van der Waals surface area (Å²) in [4.78, 5) is 0. The van der Waals surface area contributed by atoms with Crippen LogP contribution in [-0.4, -0.2) is 0 Å².